The van der Waals surface area contributed by atoms with Crippen molar-refractivity contribution in [2.75, 3.05) is 0 Å². The summed E-state index contributed by atoms with van der Waals surface area (Å²) < 4.78 is 13.8. The maximum Gasteiger partial charge on any atom is 0.172 e. The lowest BCUT2D eigenvalue weighted by atomic mass is 10.2. The van der Waals surface area contributed by atoms with Gasteiger partial charge in [0, 0.05) is 5.33 Å². The summed E-state index contributed by atoms with van der Waals surface area (Å²) in [6, 6.07) is 4.92. The highest BCUT2D eigenvalue weighted by Crippen LogP contribution is 2.33. The molecular weight excluding hydrogens is 255 g/mol. The lowest BCUT2D eigenvalue weighted by Gasteiger charge is -1.96. The van der Waals surface area contributed by atoms with Gasteiger partial charge in [-0.3, -0.25) is 0 Å². The molecule has 0 saturated carbocycles. The van der Waals surface area contributed by atoms with Gasteiger partial charge >= 0.3 is 0 Å². The lowest BCUT2D eigenvalue weighted by Crippen LogP contribution is -1.80. The van der Waals surface area contributed by atoms with Crippen molar-refractivity contribution in [3.63, 3.8) is 0 Å². The maximum absolute atomic E-state index is 13.3. The minimum Gasteiger partial charge on any atom is -0.499 e. The van der Waals surface area contributed by atoms with Crippen LogP contribution in [-0.4, -0.2) is 5.11 Å². The molecule has 0 amide bonds. The Morgan fingerprint density at radius 3 is 2.85 bits per heavy atom. The van der Waals surface area contributed by atoms with E-state index in [0.29, 0.717) is 10.0 Å². The van der Waals surface area contributed by atoms with Crippen LogP contribution in [0.2, 0.25) is 0 Å². The average molecular weight is 261 g/mol. The number of hydrogen-bond donors (Lipinski definition) is 1. The molecule has 1 N–H and O–H groups in total. The Morgan fingerprint density at radius 2 is 2.15 bits per heavy atom. The molecule has 0 fully saturated rings. The lowest BCUT2D eigenvalue weighted by molar-refractivity contribution is 0.491. The number of thiophene rings is 1. The van der Waals surface area contributed by atoms with E-state index in [9.17, 15) is 9.50 Å². The van der Waals surface area contributed by atoms with Crippen LogP contribution < -0.4 is 0 Å². The molecule has 13 heavy (non-hydrogen) atoms. The molecule has 4 heteroatoms. The van der Waals surface area contributed by atoms with Gasteiger partial charge in [0.2, 0.25) is 0 Å². The van der Waals surface area contributed by atoms with E-state index in [4.69, 9.17) is 0 Å². The molecular formula is C9H6BrFOS. The number of alkyl halides is 1. The molecule has 0 bridgehead atoms. The van der Waals surface area contributed by atoms with Crippen molar-refractivity contribution in [2.24, 2.45) is 0 Å². The molecule has 2 rings (SSSR count). The summed E-state index contributed by atoms with van der Waals surface area (Å²) in [4.78, 5) is 0. The predicted octanol–water partition coefficient (Wildman–Crippen LogP) is 3.64. The largest absolute Gasteiger partial charge is 0.499 e. The van der Waals surface area contributed by atoms with Gasteiger partial charge in [-0.1, -0.05) is 27.3 Å². The molecule has 1 aromatic heterocycles. The summed E-state index contributed by atoms with van der Waals surface area (Å²) in [5.74, 6) is -0.266. The SMILES string of the molecule is Oc1cc2cc(CBr)cc(F)c2s1. The normalized spacial score (nSPS) is 10.9. The summed E-state index contributed by atoms with van der Waals surface area (Å²) in [5, 5.41) is 10.7. The van der Waals surface area contributed by atoms with Gasteiger partial charge in [0.15, 0.2) is 5.06 Å². The third-order valence-electron chi connectivity index (χ3n) is 1.77. The van der Waals surface area contributed by atoms with Gasteiger partial charge in [-0.05, 0) is 29.1 Å². The van der Waals surface area contributed by atoms with Gasteiger partial charge in [0.25, 0.3) is 0 Å². The van der Waals surface area contributed by atoms with Gasteiger partial charge in [0.1, 0.15) is 5.82 Å². The van der Waals surface area contributed by atoms with Crippen molar-refractivity contribution in [2.45, 2.75) is 5.33 Å². The van der Waals surface area contributed by atoms with Crippen molar-refractivity contribution in [3.8, 4) is 5.06 Å². The Labute approximate surface area is 86.9 Å². The van der Waals surface area contributed by atoms with Crippen LogP contribution in [0.3, 0.4) is 0 Å². The molecule has 2 aromatic rings. The van der Waals surface area contributed by atoms with E-state index in [1.54, 1.807) is 6.07 Å². The molecule has 0 aliphatic rings. The quantitative estimate of drug-likeness (QED) is 0.777. The molecule has 0 aliphatic carbocycles. The Kier molecular flexibility index (Phi) is 2.26. The third kappa shape index (κ3) is 1.56. The fourth-order valence-electron chi connectivity index (χ4n) is 1.23. The molecule has 0 unspecified atom stereocenters. The summed E-state index contributed by atoms with van der Waals surface area (Å²) in [6.07, 6.45) is 0. The van der Waals surface area contributed by atoms with Crippen molar-refractivity contribution in [1.82, 2.24) is 0 Å². The van der Waals surface area contributed by atoms with E-state index >= 15 is 0 Å². The summed E-state index contributed by atoms with van der Waals surface area (Å²) in [5.41, 5.74) is 0.878. The predicted molar refractivity (Wildman–Crippen MR) is 56.1 cm³/mol. The van der Waals surface area contributed by atoms with E-state index in [-0.39, 0.29) is 10.9 Å². The van der Waals surface area contributed by atoms with Crippen molar-refractivity contribution < 1.29 is 9.50 Å². The molecule has 0 atom stereocenters. The second kappa shape index (κ2) is 3.27. The standard InChI is InChI=1S/C9H6BrFOS/c10-4-5-1-6-3-8(12)13-9(6)7(11)2-5/h1-3,12H,4H2. The van der Waals surface area contributed by atoms with E-state index < -0.39 is 0 Å². The monoisotopic (exact) mass is 260 g/mol. The molecule has 1 aromatic carbocycles. The van der Waals surface area contributed by atoms with Gasteiger partial charge in [-0.25, -0.2) is 4.39 Å². The average Bonchev–Trinajstić information content (AvgIpc) is 2.46. The number of rotatable bonds is 1. The fraction of sp³-hybridized carbons (Fsp3) is 0.111. The molecule has 0 aliphatic heterocycles. The van der Waals surface area contributed by atoms with Gasteiger partial charge < -0.3 is 5.11 Å². The van der Waals surface area contributed by atoms with Crippen molar-refractivity contribution in [1.29, 1.82) is 0 Å². The molecule has 0 radical (unpaired) electrons. The van der Waals surface area contributed by atoms with Gasteiger partial charge in [-0.15, -0.1) is 0 Å². The van der Waals surface area contributed by atoms with Crippen LogP contribution >= 0.6 is 27.3 Å². The number of halogens is 2. The summed E-state index contributed by atoms with van der Waals surface area (Å²) in [7, 11) is 0. The number of aromatic hydroxyl groups is 1. The minimum absolute atomic E-state index is 0.153. The first-order chi connectivity index (χ1) is 6.20. The van der Waals surface area contributed by atoms with E-state index in [2.05, 4.69) is 15.9 Å². The van der Waals surface area contributed by atoms with Crippen LogP contribution in [0.5, 0.6) is 5.06 Å². The highest BCUT2D eigenvalue weighted by atomic mass is 79.9. The molecule has 68 valence electrons. The minimum atomic E-state index is -0.266. The van der Waals surface area contributed by atoms with E-state index in [1.807, 2.05) is 6.07 Å². The van der Waals surface area contributed by atoms with Gasteiger partial charge in [-0.2, -0.15) is 0 Å². The highest BCUT2D eigenvalue weighted by Gasteiger charge is 2.07. The topological polar surface area (TPSA) is 20.2 Å². The number of fused-ring (bicyclic) bond motifs is 1. The van der Waals surface area contributed by atoms with Crippen LogP contribution in [0, 0.1) is 5.82 Å². The fourth-order valence-corrected chi connectivity index (χ4v) is 2.34. The van der Waals surface area contributed by atoms with Crippen molar-refractivity contribution >= 4 is 37.4 Å². The van der Waals surface area contributed by atoms with Crippen LogP contribution in [-0.2, 0) is 5.33 Å². The molecule has 0 saturated heterocycles. The Bertz CT molecular complexity index is 452. The smallest absolute Gasteiger partial charge is 0.172 e. The summed E-state index contributed by atoms with van der Waals surface area (Å²) >= 11 is 4.32. The Hall–Kier alpha value is -0.610. The van der Waals surface area contributed by atoms with Crippen LogP contribution in [0.1, 0.15) is 5.56 Å². The molecule has 1 heterocycles. The van der Waals surface area contributed by atoms with Crippen LogP contribution in [0.25, 0.3) is 10.1 Å². The first-order valence-corrected chi connectivity index (χ1v) is 5.61. The summed E-state index contributed by atoms with van der Waals surface area (Å²) in [6.45, 7) is 0. The zero-order valence-electron chi connectivity index (χ0n) is 6.55. The third-order valence-corrected chi connectivity index (χ3v) is 3.38. The van der Waals surface area contributed by atoms with Crippen LogP contribution in [0.15, 0.2) is 18.2 Å². The molecule has 1 nitrogen and oxygen atoms in total. The number of hydrogen-bond acceptors (Lipinski definition) is 2. The first kappa shape index (κ1) is 8.97. The van der Waals surface area contributed by atoms with E-state index in [1.165, 1.54) is 6.07 Å². The van der Waals surface area contributed by atoms with Gasteiger partial charge in [0.05, 0.1) is 4.70 Å². The van der Waals surface area contributed by atoms with Crippen LogP contribution in [0.4, 0.5) is 4.39 Å². The Balaban J connectivity index is 2.75. The number of benzene rings is 1. The van der Waals surface area contributed by atoms with E-state index in [0.717, 1.165) is 22.3 Å². The second-order valence-corrected chi connectivity index (χ2v) is 4.31. The zero-order chi connectivity index (χ0) is 9.42. The maximum atomic E-state index is 13.3. The first-order valence-electron chi connectivity index (χ1n) is 3.67. The van der Waals surface area contributed by atoms with Crippen molar-refractivity contribution in [3.05, 3.63) is 29.6 Å². The highest BCUT2D eigenvalue weighted by molar-refractivity contribution is 9.08. The Morgan fingerprint density at radius 1 is 1.38 bits per heavy atom. The second-order valence-electron chi connectivity index (χ2n) is 2.71. The zero-order valence-corrected chi connectivity index (χ0v) is 8.95. The molecule has 0 spiro atoms.